The van der Waals surface area contributed by atoms with E-state index in [-0.39, 0.29) is 37.3 Å². The topological polar surface area (TPSA) is 69.2 Å². The number of halogens is 2. The summed E-state index contributed by atoms with van der Waals surface area (Å²) < 4.78 is 0.565. The van der Waals surface area contributed by atoms with Crippen molar-refractivity contribution in [2.45, 2.75) is 0 Å². The van der Waals surface area contributed by atoms with Gasteiger partial charge in [0.25, 0.3) is 0 Å². The van der Waals surface area contributed by atoms with E-state index in [1.165, 1.54) is 12.1 Å². The summed E-state index contributed by atoms with van der Waals surface area (Å²) in [6.07, 6.45) is 0. The van der Waals surface area contributed by atoms with Gasteiger partial charge in [0, 0.05) is 0 Å². The van der Waals surface area contributed by atoms with E-state index in [9.17, 15) is 14.7 Å². The molecule has 7 heteroatoms. The van der Waals surface area contributed by atoms with Crippen LogP contribution in [0.15, 0.2) is 27.1 Å². The van der Waals surface area contributed by atoms with Gasteiger partial charge in [-0.25, -0.2) is 0 Å². The Kier molecular flexibility index (Phi) is 5.89. The summed E-state index contributed by atoms with van der Waals surface area (Å²) in [5.74, 6) is 0. The molecule has 0 saturated heterocycles. The zero-order chi connectivity index (χ0) is 9.35. The molecule has 0 fully saturated rings. The predicted molar refractivity (Wildman–Crippen MR) is 54.2 cm³/mol. The molecule has 0 atom stereocenters. The molecule has 0 saturated carbocycles. The second-order valence-corrected chi connectivity index (χ2v) is 5.22. The van der Waals surface area contributed by atoms with Crippen LogP contribution in [0.25, 0.3) is 0 Å². The van der Waals surface area contributed by atoms with Gasteiger partial charge in [0.05, 0.1) is 8.95 Å². The normalized spacial score (nSPS) is 10.8. The summed E-state index contributed by atoms with van der Waals surface area (Å²) in [5.41, 5.74) is 0. The summed E-state index contributed by atoms with van der Waals surface area (Å²) in [4.78, 5) is 32.1. The van der Waals surface area contributed by atoms with E-state index in [0.717, 1.165) is 0 Å². The maximum absolute atomic E-state index is 10.7. The molecular weight excluding hydrogens is 335 g/mol. The van der Waals surface area contributed by atoms with Gasteiger partial charge in [0.1, 0.15) is 5.30 Å². The van der Waals surface area contributed by atoms with Crippen molar-refractivity contribution in [1.82, 2.24) is 0 Å². The summed E-state index contributed by atoms with van der Waals surface area (Å²) in [6, 6.07) is 4.64. The molecule has 0 heterocycles. The third kappa shape index (κ3) is 3.72. The fourth-order valence-electron chi connectivity index (χ4n) is 0.751. The molecule has 0 spiro atoms. The van der Waals surface area contributed by atoms with Crippen molar-refractivity contribution in [1.29, 1.82) is 0 Å². The summed E-state index contributed by atoms with van der Waals surface area (Å²) in [5, 5.41) is -0.231. The van der Waals surface area contributed by atoms with E-state index in [0.29, 0.717) is 0 Å². The number of hydrogen-bond donors (Lipinski definition) is 0. The van der Waals surface area contributed by atoms with Crippen LogP contribution in [-0.4, -0.2) is 23.1 Å². The minimum Gasteiger partial charge on any atom is -0.683 e. The van der Waals surface area contributed by atoms with Gasteiger partial charge in [-0.3, -0.25) is 0 Å². The van der Waals surface area contributed by atoms with Crippen molar-refractivity contribution >= 4 is 68.2 Å². The maximum atomic E-state index is 10.7. The van der Waals surface area contributed by atoms with Gasteiger partial charge in [0.2, 0.25) is 0 Å². The van der Waals surface area contributed by atoms with Crippen molar-refractivity contribution in [3.8, 4) is 0 Å². The van der Waals surface area contributed by atoms with Gasteiger partial charge in [-0.2, -0.15) is 0 Å². The van der Waals surface area contributed by atoms with Crippen molar-refractivity contribution in [2.24, 2.45) is 0 Å². The standard InChI is InChI=1S/C6H5Br2O3P.Mg/c7-4-2-1-3-5(8)6(4)12(9,10)11;/h1-3H,(H2,9,10,11);/q;+2/p-2. The van der Waals surface area contributed by atoms with E-state index in [2.05, 4.69) is 31.9 Å². The molecule has 0 radical (unpaired) electrons. The van der Waals surface area contributed by atoms with E-state index in [1.807, 2.05) is 0 Å². The molecule has 0 N–H and O–H groups in total. The first-order chi connectivity index (χ1) is 5.43. The molecule has 0 amide bonds. The van der Waals surface area contributed by atoms with Crippen LogP contribution in [0, 0.1) is 0 Å². The van der Waals surface area contributed by atoms with E-state index in [4.69, 9.17) is 0 Å². The molecule has 1 aromatic rings. The second kappa shape index (κ2) is 5.37. The van der Waals surface area contributed by atoms with E-state index in [1.54, 1.807) is 6.07 Å². The maximum Gasteiger partial charge on any atom is 2.00 e. The van der Waals surface area contributed by atoms with Gasteiger partial charge in [0.15, 0.2) is 0 Å². The molecule has 0 aliphatic rings. The Bertz CT molecular complexity index is 282. The van der Waals surface area contributed by atoms with E-state index >= 15 is 0 Å². The Labute approximate surface area is 109 Å². The monoisotopic (exact) mass is 336 g/mol. The van der Waals surface area contributed by atoms with Crippen LogP contribution in [0.4, 0.5) is 0 Å². The summed E-state index contributed by atoms with van der Waals surface area (Å²) >= 11 is 5.96. The molecule has 0 aliphatic carbocycles. The number of hydrogen-bond acceptors (Lipinski definition) is 3. The van der Waals surface area contributed by atoms with Crippen molar-refractivity contribution < 1.29 is 14.7 Å². The van der Waals surface area contributed by atoms with Crippen LogP contribution >= 0.6 is 39.8 Å². The van der Waals surface area contributed by atoms with Crippen molar-refractivity contribution in [3.63, 3.8) is 0 Å². The van der Waals surface area contributed by atoms with Gasteiger partial charge in [-0.05, 0) is 44.0 Å². The SMILES string of the molecule is [Mg+2].[O-][P+]([O-])([O-])c1c(Br)cccc1Br. The molecule has 0 unspecified atom stereocenters. The van der Waals surface area contributed by atoms with Crippen molar-refractivity contribution in [3.05, 3.63) is 27.1 Å². The molecular formula is C6H3Br2MgO3P. The van der Waals surface area contributed by atoms with E-state index < -0.39 is 7.94 Å². The zero-order valence-corrected chi connectivity index (χ0v) is 11.8. The summed E-state index contributed by atoms with van der Waals surface area (Å²) in [6.45, 7) is 0. The van der Waals surface area contributed by atoms with Crippen LogP contribution in [0.5, 0.6) is 0 Å². The first kappa shape index (κ1) is 14.3. The Morgan fingerprint density at radius 2 is 1.38 bits per heavy atom. The molecule has 3 nitrogen and oxygen atoms in total. The minimum absolute atomic E-state index is 0. The van der Waals surface area contributed by atoms with Gasteiger partial charge < -0.3 is 14.7 Å². The van der Waals surface area contributed by atoms with Crippen LogP contribution in [0.3, 0.4) is 0 Å². The molecule has 0 aromatic heterocycles. The largest absolute Gasteiger partial charge is 2.00 e. The van der Waals surface area contributed by atoms with Gasteiger partial charge in [-0.1, -0.05) is 6.07 Å². The molecule has 1 aromatic carbocycles. The Morgan fingerprint density at radius 3 is 1.62 bits per heavy atom. The van der Waals surface area contributed by atoms with Crippen LogP contribution in [-0.2, 0) is 0 Å². The first-order valence-corrected chi connectivity index (χ1v) is 6.02. The third-order valence-electron chi connectivity index (χ3n) is 1.21. The zero-order valence-electron chi connectivity index (χ0n) is 6.37. The van der Waals surface area contributed by atoms with Gasteiger partial charge in [-0.15, -0.1) is 7.94 Å². The minimum atomic E-state index is -4.69. The smallest absolute Gasteiger partial charge is 0.683 e. The molecule has 13 heavy (non-hydrogen) atoms. The van der Waals surface area contributed by atoms with Crippen LogP contribution < -0.4 is 20.0 Å². The molecule has 66 valence electrons. The molecule has 0 bridgehead atoms. The van der Waals surface area contributed by atoms with Crippen molar-refractivity contribution in [2.75, 3.05) is 0 Å². The average Bonchev–Trinajstić information content (AvgIpc) is 1.82. The second-order valence-electron chi connectivity index (χ2n) is 2.07. The quantitative estimate of drug-likeness (QED) is 0.502. The third-order valence-corrected chi connectivity index (χ3v) is 4.18. The number of rotatable bonds is 1. The Morgan fingerprint density at radius 1 is 1.00 bits per heavy atom. The van der Waals surface area contributed by atoms with Crippen LogP contribution in [0.2, 0.25) is 0 Å². The fourth-order valence-corrected chi connectivity index (χ4v) is 3.72. The van der Waals surface area contributed by atoms with Crippen LogP contribution in [0.1, 0.15) is 0 Å². The molecule has 1 rings (SSSR count). The summed E-state index contributed by atoms with van der Waals surface area (Å²) in [7, 11) is -4.69. The first-order valence-electron chi connectivity index (χ1n) is 2.89. The number of benzene rings is 1. The van der Waals surface area contributed by atoms with Gasteiger partial charge >= 0.3 is 23.1 Å². The predicted octanol–water partition coefficient (Wildman–Crippen LogP) is -0.700. The average molecular weight is 338 g/mol. The Hall–Kier alpha value is 1.26. The fraction of sp³-hybridized carbons (Fsp3) is 0. The Balaban J connectivity index is 0.00000144. The molecule has 0 aliphatic heterocycles.